The highest BCUT2D eigenvalue weighted by molar-refractivity contribution is 5.71. The quantitative estimate of drug-likeness (QED) is 0.698. The number of rotatable bonds is 7. The van der Waals surface area contributed by atoms with E-state index in [1.165, 1.54) is 12.3 Å². The SMILES string of the molecule is CCCC(C(=O)O)[C@H](Cc1ccc(O)nc1)c1nnn[nH]1. The normalized spacial score (nSPS) is 13.8. The molecular weight excluding hydrogens is 274 g/mol. The van der Waals surface area contributed by atoms with Crippen molar-refractivity contribution in [1.29, 1.82) is 0 Å². The van der Waals surface area contributed by atoms with Crippen molar-refractivity contribution >= 4 is 5.97 Å². The van der Waals surface area contributed by atoms with Gasteiger partial charge in [0.25, 0.3) is 0 Å². The lowest BCUT2D eigenvalue weighted by Gasteiger charge is -2.21. The summed E-state index contributed by atoms with van der Waals surface area (Å²) in [6.07, 6.45) is 3.24. The van der Waals surface area contributed by atoms with Crippen LogP contribution in [0.5, 0.6) is 5.88 Å². The molecule has 0 spiro atoms. The minimum atomic E-state index is -0.870. The third-order valence-corrected chi connectivity index (χ3v) is 3.38. The Bertz CT molecular complexity index is 570. The van der Waals surface area contributed by atoms with Gasteiger partial charge in [0.05, 0.1) is 5.92 Å². The first-order valence-corrected chi connectivity index (χ1v) is 6.72. The summed E-state index contributed by atoms with van der Waals surface area (Å²) >= 11 is 0. The number of carboxylic acids is 1. The Labute approximate surface area is 121 Å². The molecular formula is C13H17N5O3. The zero-order valence-electron chi connectivity index (χ0n) is 11.6. The Morgan fingerprint density at radius 1 is 1.43 bits per heavy atom. The molecule has 0 bridgehead atoms. The minimum Gasteiger partial charge on any atom is -0.493 e. The van der Waals surface area contributed by atoms with Gasteiger partial charge in [0.1, 0.15) is 0 Å². The van der Waals surface area contributed by atoms with E-state index < -0.39 is 11.9 Å². The fourth-order valence-electron chi connectivity index (χ4n) is 2.35. The Morgan fingerprint density at radius 2 is 2.24 bits per heavy atom. The molecule has 21 heavy (non-hydrogen) atoms. The summed E-state index contributed by atoms with van der Waals surface area (Å²) in [5.74, 6) is -1.45. The Morgan fingerprint density at radius 3 is 2.76 bits per heavy atom. The lowest BCUT2D eigenvalue weighted by molar-refractivity contribution is -0.142. The second kappa shape index (κ2) is 6.78. The van der Waals surface area contributed by atoms with E-state index in [9.17, 15) is 15.0 Å². The number of pyridine rings is 1. The van der Waals surface area contributed by atoms with Crippen LogP contribution < -0.4 is 0 Å². The fraction of sp³-hybridized carbons (Fsp3) is 0.462. The van der Waals surface area contributed by atoms with Crippen molar-refractivity contribution in [2.24, 2.45) is 5.92 Å². The van der Waals surface area contributed by atoms with Gasteiger partial charge in [-0.1, -0.05) is 19.4 Å². The molecule has 2 aromatic heterocycles. The molecule has 0 aromatic carbocycles. The van der Waals surface area contributed by atoms with Gasteiger partial charge in [0, 0.05) is 18.2 Å². The molecule has 1 unspecified atom stereocenters. The molecule has 0 amide bonds. The third-order valence-electron chi connectivity index (χ3n) is 3.38. The summed E-state index contributed by atoms with van der Waals surface area (Å²) in [4.78, 5) is 15.3. The Kier molecular flexibility index (Phi) is 4.81. The van der Waals surface area contributed by atoms with Crippen LogP contribution in [-0.4, -0.2) is 41.8 Å². The molecule has 8 heteroatoms. The number of aromatic amines is 1. The lowest BCUT2D eigenvalue weighted by Crippen LogP contribution is -2.25. The number of aromatic hydroxyl groups is 1. The van der Waals surface area contributed by atoms with Crippen LogP contribution in [0.4, 0.5) is 0 Å². The van der Waals surface area contributed by atoms with Crippen molar-refractivity contribution < 1.29 is 15.0 Å². The van der Waals surface area contributed by atoms with Gasteiger partial charge in [-0.25, -0.2) is 10.1 Å². The molecule has 8 nitrogen and oxygen atoms in total. The van der Waals surface area contributed by atoms with Crippen LogP contribution in [-0.2, 0) is 11.2 Å². The van der Waals surface area contributed by atoms with Crippen LogP contribution in [0.1, 0.15) is 37.1 Å². The van der Waals surface area contributed by atoms with Gasteiger partial charge in [0.15, 0.2) is 5.82 Å². The predicted octanol–water partition coefficient (Wildman–Crippen LogP) is 1.13. The van der Waals surface area contributed by atoms with E-state index in [1.54, 1.807) is 6.07 Å². The number of aromatic nitrogens is 5. The summed E-state index contributed by atoms with van der Waals surface area (Å²) < 4.78 is 0. The van der Waals surface area contributed by atoms with E-state index in [0.29, 0.717) is 18.7 Å². The standard InChI is InChI=1S/C13H17N5O3/c1-2-3-9(13(20)21)10(12-15-17-18-16-12)6-8-4-5-11(19)14-7-8/h4-5,7,9-10H,2-3,6H2,1H3,(H,14,19)(H,20,21)(H,15,16,17,18)/t9?,10-/m0/s1. The first-order chi connectivity index (χ1) is 10.1. The third kappa shape index (κ3) is 3.74. The monoisotopic (exact) mass is 291 g/mol. The number of hydrogen-bond donors (Lipinski definition) is 3. The van der Waals surface area contributed by atoms with Crippen molar-refractivity contribution in [3.05, 3.63) is 29.7 Å². The molecule has 0 radical (unpaired) electrons. The summed E-state index contributed by atoms with van der Waals surface area (Å²) in [5.41, 5.74) is 0.816. The molecule has 0 saturated carbocycles. The summed E-state index contributed by atoms with van der Waals surface area (Å²) in [5, 5.41) is 32.3. The largest absolute Gasteiger partial charge is 0.493 e. The number of carboxylic acid groups (broad SMARTS) is 1. The van der Waals surface area contributed by atoms with Gasteiger partial charge in [-0.2, -0.15) is 0 Å². The average Bonchev–Trinajstić information content (AvgIpc) is 2.98. The highest BCUT2D eigenvalue weighted by atomic mass is 16.4. The molecule has 0 aliphatic heterocycles. The van der Waals surface area contributed by atoms with Gasteiger partial charge in [-0.3, -0.25) is 4.79 Å². The van der Waals surface area contributed by atoms with Crippen molar-refractivity contribution in [3.63, 3.8) is 0 Å². The van der Waals surface area contributed by atoms with Crippen LogP contribution in [0.15, 0.2) is 18.3 Å². The first-order valence-electron chi connectivity index (χ1n) is 6.72. The molecule has 2 atom stereocenters. The second-order valence-corrected chi connectivity index (χ2v) is 4.86. The molecule has 0 aliphatic rings. The van der Waals surface area contributed by atoms with Crippen molar-refractivity contribution in [1.82, 2.24) is 25.6 Å². The number of carbonyl (C=O) groups is 1. The topological polar surface area (TPSA) is 125 Å². The Hall–Kier alpha value is -2.51. The van der Waals surface area contributed by atoms with Crippen LogP contribution in [0.3, 0.4) is 0 Å². The first kappa shape index (κ1) is 14.9. The number of tetrazole rings is 1. The number of nitrogens with one attached hydrogen (secondary N) is 1. The Balaban J connectivity index is 2.27. The van der Waals surface area contributed by atoms with Crippen molar-refractivity contribution in [2.45, 2.75) is 32.1 Å². The van der Waals surface area contributed by atoms with Gasteiger partial charge < -0.3 is 10.2 Å². The van der Waals surface area contributed by atoms with Crippen LogP contribution >= 0.6 is 0 Å². The minimum absolute atomic E-state index is 0.0695. The van der Waals surface area contributed by atoms with Gasteiger partial charge in [0.2, 0.25) is 5.88 Å². The highest BCUT2D eigenvalue weighted by Crippen LogP contribution is 2.29. The van der Waals surface area contributed by atoms with Gasteiger partial charge in [-0.05, 0) is 28.8 Å². The average molecular weight is 291 g/mol. The number of H-pyrrole nitrogens is 1. The van der Waals surface area contributed by atoms with Gasteiger partial charge >= 0.3 is 5.97 Å². The molecule has 2 aromatic rings. The summed E-state index contributed by atoms with van der Waals surface area (Å²) in [6, 6.07) is 3.19. The van der Waals surface area contributed by atoms with E-state index in [2.05, 4.69) is 25.6 Å². The van der Waals surface area contributed by atoms with Crippen LogP contribution in [0, 0.1) is 5.92 Å². The maximum atomic E-state index is 11.5. The number of nitrogens with zero attached hydrogens (tertiary/aromatic N) is 4. The van der Waals surface area contributed by atoms with E-state index in [4.69, 9.17) is 0 Å². The van der Waals surface area contributed by atoms with E-state index in [0.717, 1.165) is 12.0 Å². The molecule has 0 saturated heterocycles. The van der Waals surface area contributed by atoms with Crippen LogP contribution in [0.2, 0.25) is 0 Å². The zero-order valence-corrected chi connectivity index (χ0v) is 11.6. The van der Waals surface area contributed by atoms with Crippen molar-refractivity contribution in [2.75, 3.05) is 0 Å². The predicted molar refractivity (Wildman–Crippen MR) is 72.6 cm³/mol. The van der Waals surface area contributed by atoms with Gasteiger partial charge in [-0.15, -0.1) is 5.10 Å². The molecule has 0 aliphatic carbocycles. The molecule has 112 valence electrons. The highest BCUT2D eigenvalue weighted by Gasteiger charge is 2.31. The smallest absolute Gasteiger partial charge is 0.307 e. The van der Waals surface area contributed by atoms with Crippen LogP contribution in [0.25, 0.3) is 0 Å². The second-order valence-electron chi connectivity index (χ2n) is 4.86. The number of aliphatic carboxylic acids is 1. The maximum Gasteiger partial charge on any atom is 0.307 e. The van der Waals surface area contributed by atoms with Crippen molar-refractivity contribution in [3.8, 4) is 5.88 Å². The molecule has 2 rings (SSSR count). The molecule has 0 fully saturated rings. The fourth-order valence-corrected chi connectivity index (χ4v) is 2.35. The van der Waals surface area contributed by atoms with E-state index in [1.807, 2.05) is 6.92 Å². The lowest BCUT2D eigenvalue weighted by atomic mass is 9.83. The summed E-state index contributed by atoms with van der Waals surface area (Å²) in [7, 11) is 0. The summed E-state index contributed by atoms with van der Waals surface area (Å²) in [6.45, 7) is 1.94. The van der Waals surface area contributed by atoms with E-state index in [-0.39, 0.29) is 11.8 Å². The zero-order chi connectivity index (χ0) is 15.2. The maximum absolute atomic E-state index is 11.5. The molecule has 2 heterocycles. The molecule has 3 N–H and O–H groups in total. The van der Waals surface area contributed by atoms with E-state index >= 15 is 0 Å². The number of hydrogen-bond acceptors (Lipinski definition) is 6.